The van der Waals surface area contributed by atoms with E-state index in [-0.39, 0.29) is 11.9 Å². The third kappa shape index (κ3) is 4.66. The summed E-state index contributed by atoms with van der Waals surface area (Å²) in [6, 6.07) is 5.35. The molecule has 0 radical (unpaired) electrons. The number of likely N-dealkylation sites (tertiary alicyclic amines) is 1. The molecule has 5 heteroatoms. The van der Waals surface area contributed by atoms with Crippen LogP contribution in [0, 0.1) is 5.82 Å². The van der Waals surface area contributed by atoms with Crippen LogP contribution in [0.25, 0.3) is 0 Å². The van der Waals surface area contributed by atoms with E-state index in [9.17, 15) is 9.50 Å². The molecule has 1 saturated heterocycles. The minimum absolute atomic E-state index is 0.155. The largest absolute Gasteiger partial charge is 0.393 e. The Morgan fingerprint density at radius 2 is 2.10 bits per heavy atom. The maximum atomic E-state index is 14.0. The number of rotatable bonds is 6. The van der Waals surface area contributed by atoms with Crippen LogP contribution in [0.2, 0.25) is 0 Å². The quantitative estimate of drug-likeness (QED) is 0.833. The zero-order valence-electron chi connectivity index (χ0n) is 13.0. The van der Waals surface area contributed by atoms with Crippen molar-refractivity contribution in [2.24, 2.45) is 0 Å². The first-order valence-electron chi connectivity index (χ1n) is 7.64. The lowest BCUT2D eigenvalue weighted by Crippen LogP contribution is -2.35. The van der Waals surface area contributed by atoms with Crippen LogP contribution < -0.4 is 10.2 Å². The van der Waals surface area contributed by atoms with Crippen molar-refractivity contribution in [2.45, 2.75) is 25.5 Å². The first-order valence-corrected chi connectivity index (χ1v) is 7.64. The second-order valence-corrected chi connectivity index (χ2v) is 5.82. The van der Waals surface area contributed by atoms with E-state index in [1.165, 1.54) is 0 Å². The van der Waals surface area contributed by atoms with E-state index >= 15 is 0 Å². The highest BCUT2D eigenvalue weighted by Crippen LogP contribution is 2.21. The molecule has 1 aromatic rings. The van der Waals surface area contributed by atoms with Crippen molar-refractivity contribution in [1.82, 2.24) is 10.2 Å². The van der Waals surface area contributed by atoms with Crippen molar-refractivity contribution in [3.05, 3.63) is 29.6 Å². The van der Waals surface area contributed by atoms with Crippen molar-refractivity contribution in [1.29, 1.82) is 0 Å². The zero-order valence-corrected chi connectivity index (χ0v) is 13.0. The fourth-order valence-electron chi connectivity index (χ4n) is 2.68. The van der Waals surface area contributed by atoms with Gasteiger partial charge in [-0.3, -0.25) is 4.90 Å². The third-order valence-electron chi connectivity index (χ3n) is 4.08. The van der Waals surface area contributed by atoms with Gasteiger partial charge >= 0.3 is 0 Å². The highest BCUT2D eigenvalue weighted by Gasteiger charge is 2.17. The minimum Gasteiger partial charge on any atom is -0.393 e. The monoisotopic (exact) mass is 295 g/mol. The van der Waals surface area contributed by atoms with Crippen molar-refractivity contribution < 1.29 is 9.50 Å². The van der Waals surface area contributed by atoms with Crippen LogP contribution in [-0.4, -0.2) is 56.4 Å². The predicted molar refractivity (Wildman–Crippen MR) is 84.1 cm³/mol. The molecule has 1 heterocycles. The molecule has 1 fully saturated rings. The van der Waals surface area contributed by atoms with Crippen LogP contribution in [0.15, 0.2) is 18.2 Å². The molecule has 1 aliphatic heterocycles. The van der Waals surface area contributed by atoms with Gasteiger partial charge in [-0.05, 0) is 37.6 Å². The zero-order chi connectivity index (χ0) is 15.2. The molecule has 1 aliphatic rings. The number of benzene rings is 1. The Bertz CT molecular complexity index is 447. The highest BCUT2D eigenvalue weighted by atomic mass is 19.1. The first kappa shape index (κ1) is 16.2. The van der Waals surface area contributed by atoms with Gasteiger partial charge in [-0.1, -0.05) is 6.07 Å². The molecule has 0 unspecified atom stereocenters. The number of likely N-dealkylation sites (N-methyl/N-ethyl adjacent to an activating group) is 2. The standard InChI is InChI=1S/C16H26FN3O/c1-18-7-10-19(2)16-11-13(3-4-15(16)17)12-20-8-5-14(21)6-9-20/h3-4,11,14,18,21H,5-10,12H2,1-2H3. The van der Waals surface area contributed by atoms with Crippen molar-refractivity contribution in [3.63, 3.8) is 0 Å². The SMILES string of the molecule is CNCCN(C)c1cc(CN2CCC(O)CC2)ccc1F. The van der Waals surface area contributed by atoms with Crippen molar-refractivity contribution in [2.75, 3.05) is 45.2 Å². The summed E-state index contributed by atoms with van der Waals surface area (Å²) in [5.74, 6) is -0.175. The average Bonchev–Trinajstić information content (AvgIpc) is 2.49. The van der Waals surface area contributed by atoms with E-state index in [2.05, 4.69) is 10.2 Å². The molecular formula is C16H26FN3O. The number of piperidine rings is 1. The molecule has 0 aliphatic carbocycles. The molecule has 2 rings (SSSR count). The molecule has 4 nitrogen and oxygen atoms in total. The molecule has 0 aromatic heterocycles. The number of halogens is 1. The van der Waals surface area contributed by atoms with Gasteiger partial charge in [-0.2, -0.15) is 0 Å². The van der Waals surface area contributed by atoms with Crippen LogP contribution in [0.4, 0.5) is 10.1 Å². The molecule has 0 spiro atoms. The topological polar surface area (TPSA) is 38.7 Å². The van der Waals surface area contributed by atoms with Gasteiger partial charge in [0.1, 0.15) is 5.82 Å². The highest BCUT2D eigenvalue weighted by molar-refractivity contribution is 5.49. The third-order valence-corrected chi connectivity index (χ3v) is 4.08. The van der Waals surface area contributed by atoms with Gasteiger partial charge < -0.3 is 15.3 Å². The molecule has 21 heavy (non-hydrogen) atoms. The van der Waals surface area contributed by atoms with E-state index in [1.54, 1.807) is 6.07 Å². The average molecular weight is 295 g/mol. The lowest BCUT2D eigenvalue weighted by atomic mass is 10.1. The van der Waals surface area contributed by atoms with Gasteiger partial charge in [0.05, 0.1) is 11.8 Å². The number of hydrogen-bond donors (Lipinski definition) is 2. The molecule has 0 bridgehead atoms. The number of aliphatic hydroxyl groups excluding tert-OH is 1. The Labute approximate surface area is 126 Å². The molecular weight excluding hydrogens is 269 g/mol. The second kappa shape index (κ2) is 7.73. The fourth-order valence-corrected chi connectivity index (χ4v) is 2.68. The number of anilines is 1. The summed E-state index contributed by atoms with van der Waals surface area (Å²) < 4.78 is 14.0. The Hall–Kier alpha value is -1.17. The van der Waals surface area contributed by atoms with Gasteiger partial charge in [-0.25, -0.2) is 4.39 Å². The molecule has 0 saturated carbocycles. The Kier molecular flexibility index (Phi) is 5.96. The number of hydrogen-bond acceptors (Lipinski definition) is 4. The number of nitrogens with zero attached hydrogens (tertiary/aromatic N) is 2. The van der Waals surface area contributed by atoms with Crippen LogP contribution in [0.5, 0.6) is 0 Å². The van der Waals surface area contributed by atoms with Crippen LogP contribution >= 0.6 is 0 Å². The van der Waals surface area contributed by atoms with E-state index in [0.29, 0.717) is 5.69 Å². The smallest absolute Gasteiger partial charge is 0.146 e. The van der Waals surface area contributed by atoms with E-state index in [0.717, 1.165) is 51.1 Å². The van der Waals surface area contributed by atoms with E-state index in [1.807, 2.05) is 31.1 Å². The molecule has 0 atom stereocenters. The summed E-state index contributed by atoms with van der Waals surface area (Å²) in [7, 11) is 3.81. The summed E-state index contributed by atoms with van der Waals surface area (Å²) in [4.78, 5) is 4.26. The molecule has 2 N–H and O–H groups in total. The minimum atomic E-state index is -0.175. The Balaban J connectivity index is 2.00. The van der Waals surface area contributed by atoms with E-state index < -0.39 is 0 Å². The molecule has 118 valence electrons. The predicted octanol–water partition coefficient (Wildman–Crippen LogP) is 1.44. The Morgan fingerprint density at radius 3 is 2.76 bits per heavy atom. The molecule has 0 amide bonds. The van der Waals surface area contributed by atoms with Gasteiger partial charge in [0.2, 0.25) is 0 Å². The number of aliphatic hydroxyl groups is 1. The van der Waals surface area contributed by atoms with Crippen LogP contribution in [0.1, 0.15) is 18.4 Å². The van der Waals surface area contributed by atoms with Crippen molar-refractivity contribution in [3.8, 4) is 0 Å². The van der Waals surface area contributed by atoms with Crippen LogP contribution in [-0.2, 0) is 6.54 Å². The summed E-state index contributed by atoms with van der Waals surface area (Å²) in [6.45, 7) is 4.23. The first-order chi connectivity index (χ1) is 10.1. The lowest BCUT2D eigenvalue weighted by molar-refractivity contribution is 0.0792. The van der Waals surface area contributed by atoms with Gasteiger partial charge in [0, 0.05) is 39.8 Å². The fraction of sp³-hybridized carbons (Fsp3) is 0.625. The maximum absolute atomic E-state index is 14.0. The van der Waals surface area contributed by atoms with Gasteiger partial charge in [-0.15, -0.1) is 0 Å². The Morgan fingerprint density at radius 1 is 1.38 bits per heavy atom. The molecule has 1 aromatic carbocycles. The number of nitrogens with one attached hydrogen (secondary N) is 1. The van der Waals surface area contributed by atoms with Gasteiger partial charge in [0.25, 0.3) is 0 Å². The normalized spacial score (nSPS) is 17.1. The van der Waals surface area contributed by atoms with Crippen molar-refractivity contribution >= 4 is 5.69 Å². The summed E-state index contributed by atoms with van der Waals surface area (Å²) >= 11 is 0. The summed E-state index contributed by atoms with van der Waals surface area (Å²) in [5.41, 5.74) is 1.78. The van der Waals surface area contributed by atoms with Crippen LogP contribution in [0.3, 0.4) is 0 Å². The maximum Gasteiger partial charge on any atom is 0.146 e. The summed E-state index contributed by atoms with van der Waals surface area (Å²) in [6.07, 6.45) is 1.50. The second-order valence-electron chi connectivity index (χ2n) is 5.82. The lowest BCUT2D eigenvalue weighted by Gasteiger charge is -2.30. The van der Waals surface area contributed by atoms with Gasteiger partial charge in [0.15, 0.2) is 0 Å². The van der Waals surface area contributed by atoms with E-state index in [4.69, 9.17) is 0 Å². The summed E-state index contributed by atoms with van der Waals surface area (Å²) in [5, 5.41) is 12.6.